The number of diazo groups is 1. The van der Waals surface area contributed by atoms with Crippen LogP contribution in [0, 0.1) is 5.39 Å². The molecular formula is C18H15N2O7+. The van der Waals surface area contributed by atoms with Crippen molar-refractivity contribution in [2.75, 3.05) is 0 Å². The Morgan fingerprint density at radius 3 is 2.41 bits per heavy atom. The summed E-state index contributed by atoms with van der Waals surface area (Å²) in [7, 11) is 0. The number of phenols is 1. The van der Waals surface area contributed by atoms with E-state index in [4.69, 9.17) is 0 Å². The molecule has 5 N–H and O–H groups in total. The number of benzene rings is 1. The van der Waals surface area contributed by atoms with Crippen LogP contribution in [0.4, 0.5) is 0 Å². The first-order chi connectivity index (χ1) is 12.6. The van der Waals surface area contributed by atoms with E-state index in [1.165, 1.54) is 18.2 Å². The molecular weight excluding hydrogens is 356 g/mol. The fraction of sp³-hybridized carbons (Fsp3) is 0.333. The lowest BCUT2D eigenvalue weighted by molar-refractivity contribution is -0.159. The predicted octanol–water partition coefficient (Wildman–Crippen LogP) is -0.553. The van der Waals surface area contributed by atoms with Crippen molar-refractivity contribution in [3.8, 4) is 5.75 Å². The summed E-state index contributed by atoms with van der Waals surface area (Å²) in [5.74, 6) is -1.97. The van der Waals surface area contributed by atoms with Crippen LogP contribution in [0.25, 0.3) is 4.98 Å². The van der Waals surface area contributed by atoms with Gasteiger partial charge in [0.05, 0.1) is 11.1 Å². The molecule has 3 aliphatic rings. The van der Waals surface area contributed by atoms with Gasteiger partial charge in [0.25, 0.3) is 0 Å². The zero-order valence-corrected chi connectivity index (χ0v) is 14.0. The summed E-state index contributed by atoms with van der Waals surface area (Å²) < 4.78 is 0. The smallest absolute Gasteiger partial charge is 0.368 e. The molecule has 3 aliphatic carbocycles. The summed E-state index contributed by atoms with van der Waals surface area (Å²) in [6.45, 7) is 1.07. The van der Waals surface area contributed by atoms with E-state index in [-0.39, 0.29) is 33.4 Å². The Bertz CT molecular complexity index is 1030. The first kappa shape index (κ1) is 17.5. The number of carbonyl (C=O) groups excluding carboxylic acids is 2. The third-order valence-corrected chi connectivity index (χ3v) is 5.56. The fourth-order valence-electron chi connectivity index (χ4n) is 4.14. The molecule has 0 bridgehead atoms. The van der Waals surface area contributed by atoms with Gasteiger partial charge in [-0.3, -0.25) is 9.59 Å². The third-order valence-electron chi connectivity index (χ3n) is 5.56. The number of aliphatic hydroxyl groups is 4. The van der Waals surface area contributed by atoms with E-state index in [1.54, 1.807) is 0 Å². The van der Waals surface area contributed by atoms with Crippen molar-refractivity contribution in [1.82, 2.24) is 0 Å². The van der Waals surface area contributed by atoms with Gasteiger partial charge >= 0.3 is 6.04 Å². The van der Waals surface area contributed by atoms with Gasteiger partial charge in [0.15, 0.2) is 5.78 Å². The Morgan fingerprint density at radius 2 is 1.78 bits per heavy atom. The van der Waals surface area contributed by atoms with Gasteiger partial charge in [0.2, 0.25) is 11.2 Å². The molecule has 0 fully saturated rings. The molecule has 1 aromatic carbocycles. The lowest BCUT2D eigenvalue weighted by Crippen LogP contribution is -2.60. The van der Waals surface area contributed by atoms with Gasteiger partial charge < -0.3 is 25.5 Å². The molecule has 4 rings (SSSR count). The SMILES string of the molecule is C[C@@]1(O)[C@H](O)C2=C(C3=C(C(=O)c4c(O)cccc4C3=O)C2[N+]#N)[C@H](O)[C@H]1O. The molecule has 0 amide bonds. The van der Waals surface area contributed by atoms with Gasteiger partial charge in [-0.15, -0.1) is 0 Å². The molecule has 1 unspecified atom stereocenters. The number of fused-ring (bicyclic) bond motifs is 2. The number of carbonyl (C=O) groups is 2. The van der Waals surface area contributed by atoms with E-state index >= 15 is 0 Å². The molecule has 9 heteroatoms. The number of hydrogen-bond donors (Lipinski definition) is 5. The van der Waals surface area contributed by atoms with Crippen molar-refractivity contribution in [3.05, 3.63) is 56.6 Å². The molecule has 0 aliphatic heterocycles. The summed E-state index contributed by atoms with van der Waals surface area (Å²) in [5, 5.41) is 61.2. The van der Waals surface area contributed by atoms with E-state index in [2.05, 4.69) is 4.98 Å². The topological polar surface area (TPSA) is 163 Å². The van der Waals surface area contributed by atoms with Crippen LogP contribution in [0.5, 0.6) is 5.75 Å². The fourth-order valence-corrected chi connectivity index (χ4v) is 4.14. The van der Waals surface area contributed by atoms with Gasteiger partial charge in [-0.05, 0) is 13.0 Å². The van der Waals surface area contributed by atoms with Crippen molar-refractivity contribution in [3.63, 3.8) is 0 Å². The molecule has 138 valence electrons. The van der Waals surface area contributed by atoms with Gasteiger partial charge in [-0.25, -0.2) is 0 Å². The predicted molar refractivity (Wildman–Crippen MR) is 88.3 cm³/mol. The number of rotatable bonds is 0. The van der Waals surface area contributed by atoms with Gasteiger partial charge in [0, 0.05) is 16.7 Å². The van der Waals surface area contributed by atoms with Crippen molar-refractivity contribution < 1.29 is 35.1 Å². The largest absolute Gasteiger partial charge is 0.507 e. The molecule has 5 atom stereocenters. The van der Waals surface area contributed by atoms with E-state index in [9.17, 15) is 40.5 Å². The zero-order valence-electron chi connectivity index (χ0n) is 14.0. The molecule has 9 nitrogen and oxygen atoms in total. The van der Waals surface area contributed by atoms with Crippen molar-refractivity contribution >= 4 is 11.6 Å². The minimum atomic E-state index is -2.21. The standard InChI is InChI=1S/C18H14N2O7/c1-18(27)16(25)11-9(15(24)17(18)26)8-10(12(11)20-19)14(23)7-5(13(8)22)3-2-4-6(7)21/h2-4,12,15-17,24-27H,1H3/p+1/t12?,15-,16+,17+,18+/m0/s1. The molecule has 0 saturated heterocycles. The second-order valence-electron chi connectivity index (χ2n) is 7.05. The van der Waals surface area contributed by atoms with Crippen LogP contribution in [0.15, 0.2) is 40.5 Å². The molecule has 0 aromatic heterocycles. The zero-order chi connectivity index (χ0) is 19.8. The number of nitrogens with zero attached hydrogens (tertiary/aromatic N) is 2. The molecule has 0 radical (unpaired) electrons. The highest BCUT2D eigenvalue weighted by Gasteiger charge is 2.62. The Morgan fingerprint density at radius 1 is 1.11 bits per heavy atom. The Labute approximate surface area is 152 Å². The van der Waals surface area contributed by atoms with Crippen molar-refractivity contribution in [2.45, 2.75) is 36.9 Å². The second kappa shape index (κ2) is 5.31. The highest BCUT2D eigenvalue weighted by atomic mass is 16.4. The number of aliphatic hydroxyl groups excluding tert-OH is 3. The van der Waals surface area contributed by atoms with E-state index in [1.807, 2.05) is 0 Å². The van der Waals surface area contributed by atoms with Crippen molar-refractivity contribution in [2.24, 2.45) is 0 Å². The molecule has 0 heterocycles. The maximum atomic E-state index is 13.0. The minimum absolute atomic E-state index is 0.113. The normalized spacial score (nSPS) is 35.0. The number of phenolic OH excluding ortho intramolecular Hbond substituents is 1. The first-order valence-electron chi connectivity index (χ1n) is 8.15. The van der Waals surface area contributed by atoms with Gasteiger partial charge in [-0.2, -0.15) is 0 Å². The third kappa shape index (κ3) is 1.92. The Balaban J connectivity index is 2.02. The van der Waals surface area contributed by atoms with Crippen LogP contribution in [0.3, 0.4) is 0 Å². The summed E-state index contributed by atoms with van der Waals surface area (Å²) in [6.07, 6.45) is -5.47. The lowest BCUT2D eigenvalue weighted by Gasteiger charge is -2.41. The highest BCUT2D eigenvalue weighted by molar-refractivity contribution is 6.31. The molecule has 27 heavy (non-hydrogen) atoms. The summed E-state index contributed by atoms with van der Waals surface area (Å²) in [4.78, 5) is 29.1. The van der Waals surface area contributed by atoms with Crippen molar-refractivity contribution in [1.29, 1.82) is 5.39 Å². The van der Waals surface area contributed by atoms with Gasteiger partial charge in [0.1, 0.15) is 40.2 Å². The summed E-state index contributed by atoms with van der Waals surface area (Å²) in [6, 6.07) is 2.39. The maximum Gasteiger partial charge on any atom is 0.368 e. The average Bonchev–Trinajstić information content (AvgIpc) is 2.98. The van der Waals surface area contributed by atoms with Crippen LogP contribution in [-0.4, -0.2) is 67.1 Å². The first-order valence-corrected chi connectivity index (χ1v) is 8.15. The number of ketones is 2. The maximum absolute atomic E-state index is 13.0. The van der Waals surface area contributed by atoms with Crippen LogP contribution in [0.1, 0.15) is 27.6 Å². The van der Waals surface area contributed by atoms with E-state index < -0.39 is 47.3 Å². The minimum Gasteiger partial charge on any atom is -0.507 e. The van der Waals surface area contributed by atoms with Crippen LogP contribution < -0.4 is 0 Å². The van der Waals surface area contributed by atoms with Crippen LogP contribution in [-0.2, 0) is 0 Å². The van der Waals surface area contributed by atoms with E-state index in [0.717, 1.165) is 6.92 Å². The highest BCUT2D eigenvalue weighted by Crippen LogP contribution is 2.50. The monoisotopic (exact) mass is 371 g/mol. The van der Waals surface area contributed by atoms with Gasteiger partial charge in [-0.1, -0.05) is 12.1 Å². The van der Waals surface area contributed by atoms with E-state index in [0.29, 0.717) is 0 Å². The average molecular weight is 371 g/mol. The summed E-state index contributed by atoms with van der Waals surface area (Å²) in [5.41, 5.74) is -3.70. The second-order valence-corrected chi connectivity index (χ2v) is 7.05. The molecule has 1 aromatic rings. The van der Waals surface area contributed by atoms with Crippen LogP contribution >= 0.6 is 0 Å². The number of aromatic hydroxyl groups is 1. The number of hydrogen-bond acceptors (Lipinski definition) is 8. The molecule has 0 spiro atoms. The quantitative estimate of drug-likeness (QED) is 0.379. The Hall–Kier alpha value is -2.90. The lowest BCUT2D eigenvalue weighted by atomic mass is 9.73. The molecule has 0 saturated carbocycles. The van der Waals surface area contributed by atoms with Crippen LogP contribution in [0.2, 0.25) is 0 Å². The Kier molecular flexibility index (Phi) is 3.44. The number of Topliss-reactive ketones (excluding diaryl/α,β-unsaturated/α-hetero) is 2. The summed E-state index contributed by atoms with van der Waals surface area (Å²) >= 11 is 0.